The molecule has 0 unspecified atom stereocenters. The van der Waals surface area contributed by atoms with Crippen molar-refractivity contribution in [1.29, 1.82) is 5.26 Å². The predicted octanol–water partition coefficient (Wildman–Crippen LogP) is 10.9. The van der Waals surface area contributed by atoms with E-state index >= 15 is 0 Å². The Bertz CT molecular complexity index is 2700. The Labute approximate surface area is 301 Å². The van der Waals surface area contributed by atoms with Crippen molar-refractivity contribution in [3.8, 4) is 74.0 Å². The highest BCUT2D eigenvalue weighted by atomic mass is 16.5. The second-order valence-corrected chi connectivity index (χ2v) is 13.1. The third-order valence-corrected chi connectivity index (χ3v) is 10.2. The summed E-state index contributed by atoms with van der Waals surface area (Å²) >= 11 is 0. The van der Waals surface area contributed by atoms with Gasteiger partial charge >= 0.3 is 0 Å². The maximum atomic E-state index is 9.53. The van der Waals surface area contributed by atoms with Crippen molar-refractivity contribution in [1.82, 2.24) is 15.0 Å². The molecule has 5 heteroatoms. The van der Waals surface area contributed by atoms with E-state index in [1.807, 2.05) is 84.9 Å². The van der Waals surface area contributed by atoms with Gasteiger partial charge in [0, 0.05) is 22.3 Å². The molecule has 0 saturated carbocycles. The van der Waals surface area contributed by atoms with Crippen LogP contribution in [0.4, 0.5) is 0 Å². The summed E-state index contributed by atoms with van der Waals surface area (Å²) in [6, 6.07) is 60.1. The van der Waals surface area contributed by atoms with Crippen LogP contribution in [0.3, 0.4) is 0 Å². The van der Waals surface area contributed by atoms with Gasteiger partial charge in [-0.3, -0.25) is 0 Å². The fraction of sp³-hybridized carbons (Fsp3) is 0.0213. The average Bonchev–Trinajstić information content (AvgIpc) is 3.51. The Kier molecular flexibility index (Phi) is 6.70. The number of fused-ring (bicyclic) bond motifs is 9. The average molecular weight is 665 g/mol. The molecule has 52 heavy (non-hydrogen) atoms. The number of hydrogen-bond donors (Lipinski definition) is 0. The molecule has 2 heterocycles. The van der Waals surface area contributed by atoms with Gasteiger partial charge in [0.1, 0.15) is 11.5 Å². The van der Waals surface area contributed by atoms with Crippen molar-refractivity contribution < 1.29 is 4.74 Å². The number of ether oxygens (including phenoxy) is 1. The van der Waals surface area contributed by atoms with Gasteiger partial charge in [-0.15, -0.1) is 0 Å². The van der Waals surface area contributed by atoms with Crippen LogP contribution in [0.2, 0.25) is 0 Å². The van der Waals surface area contributed by atoms with Gasteiger partial charge in [0.25, 0.3) is 0 Å². The summed E-state index contributed by atoms with van der Waals surface area (Å²) in [6.07, 6.45) is 0. The second kappa shape index (κ2) is 11.7. The molecule has 1 aliphatic heterocycles. The van der Waals surface area contributed by atoms with Crippen molar-refractivity contribution in [2.24, 2.45) is 0 Å². The first kappa shape index (κ1) is 29.7. The normalized spacial score (nSPS) is 12.9. The molecular formula is C47H28N4O. The fourth-order valence-corrected chi connectivity index (χ4v) is 8.00. The molecule has 8 aromatic rings. The first-order chi connectivity index (χ1) is 25.7. The topological polar surface area (TPSA) is 71.7 Å². The van der Waals surface area contributed by atoms with E-state index in [1.54, 1.807) is 0 Å². The second-order valence-electron chi connectivity index (χ2n) is 13.1. The number of nitrogens with zero attached hydrogens (tertiary/aromatic N) is 4. The first-order valence-corrected chi connectivity index (χ1v) is 17.3. The van der Waals surface area contributed by atoms with Crippen LogP contribution in [0.15, 0.2) is 170 Å². The number of aromatic nitrogens is 3. The van der Waals surface area contributed by atoms with Crippen LogP contribution >= 0.6 is 0 Å². The number of para-hydroxylation sites is 2. The van der Waals surface area contributed by atoms with E-state index in [9.17, 15) is 5.26 Å². The number of rotatable bonds is 4. The molecule has 2 aliphatic rings. The van der Waals surface area contributed by atoms with Gasteiger partial charge in [-0.2, -0.15) is 5.26 Å². The molecule has 1 spiro atoms. The Morgan fingerprint density at radius 1 is 0.423 bits per heavy atom. The summed E-state index contributed by atoms with van der Waals surface area (Å²) < 4.78 is 6.94. The zero-order chi connectivity index (χ0) is 34.6. The van der Waals surface area contributed by atoms with Crippen LogP contribution < -0.4 is 4.74 Å². The standard InChI is InChI=1S/C47H28N4O/c48-29-30-13-10-16-32(27-30)33-17-11-18-34(28-33)45-49-44(31-14-2-1-3-15-31)50-46(51-45)37-21-12-25-41-43(37)52-42-26-9-8-24-40(42)47(41)38-22-6-4-19-35(38)36-20-5-7-23-39(36)47/h1-28H. The molecule has 0 N–H and O–H groups in total. The van der Waals surface area contributed by atoms with Gasteiger partial charge in [0.15, 0.2) is 17.5 Å². The van der Waals surface area contributed by atoms with Crippen LogP contribution in [-0.4, -0.2) is 15.0 Å². The lowest BCUT2D eigenvalue weighted by atomic mass is 9.66. The van der Waals surface area contributed by atoms with Gasteiger partial charge in [-0.25, -0.2) is 15.0 Å². The van der Waals surface area contributed by atoms with Gasteiger partial charge in [0.05, 0.1) is 22.6 Å². The maximum Gasteiger partial charge on any atom is 0.167 e. The molecule has 0 radical (unpaired) electrons. The van der Waals surface area contributed by atoms with Gasteiger partial charge < -0.3 is 4.74 Å². The summed E-state index contributed by atoms with van der Waals surface area (Å²) in [6.45, 7) is 0. The fourth-order valence-electron chi connectivity index (χ4n) is 8.00. The minimum atomic E-state index is -0.599. The summed E-state index contributed by atoms with van der Waals surface area (Å²) in [7, 11) is 0. The smallest absolute Gasteiger partial charge is 0.167 e. The van der Waals surface area contributed by atoms with Crippen molar-refractivity contribution in [2.75, 3.05) is 0 Å². The molecule has 0 amide bonds. The molecule has 0 saturated heterocycles. The lowest BCUT2D eigenvalue weighted by molar-refractivity contribution is 0.437. The Morgan fingerprint density at radius 3 is 1.69 bits per heavy atom. The maximum absolute atomic E-state index is 9.53. The van der Waals surface area contributed by atoms with Crippen molar-refractivity contribution in [3.63, 3.8) is 0 Å². The number of benzene rings is 7. The molecule has 7 aromatic carbocycles. The first-order valence-electron chi connectivity index (χ1n) is 17.3. The predicted molar refractivity (Wildman–Crippen MR) is 204 cm³/mol. The molecule has 5 nitrogen and oxygen atoms in total. The largest absolute Gasteiger partial charge is 0.456 e. The Hall–Kier alpha value is -7.16. The summed E-state index contributed by atoms with van der Waals surface area (Å²) in [5.41, 5.74) is 11.5. The van der Waals surface area contributed by atoms with E-state index in [1.165, 1.54) is 22.3 Å². The zero-order valence-electron chi connectivity index (χ0n) is 27.9. The summed E-state index contributed by atoms with van der Waals surface area (Å²) in [5.74, 6) is 3.16. The number of nitriles is 1. The van der Waals surface area contributed by atoms with E-state index in [2.05, 4.69) is 91.0 Å². The van der Waals surface area contributed by atoms with E-state index in [0.29, 0.717) is 23.0 Å². The van der Waals surface area contributed by atoms with Crippen LogP contribution in [0.5, 0.6) is 11.5 Å². The van der Waals surface area contributed by atoms with E-state index < -0.39 is 5.41 Å². The molecular weight excluding hydrogens is 637 g/mol. The van der Waals surface area contributed by atoms with Crippen molar-refractivity contribution in [3.05, 3.63) is 198 Å². The third kappa shape index (κ3) is 4.45. The van der Waals surface area contributed by atoms with E-state index in [-0.39, 0.29) is 0 Å². The quantitative estimate of drug-likeness (QED) is 0.187. The highest BCUT2D eigenvalue weighted by Gasteiger charge is 2.51. The van der Waals surface area contributed by atoms with E-state index in [4.69, 9.17) is 19.7 Å². The van der Waals surface area contributed by atoms with Crippen LogP contribution in [0.25, 0.3) is 56.4 Å². The molecule has 242 valence electrons. The molecule has 1 aliphatic carbocycles. The minimum absolute atomic E-state index is 0.520. The highest BCUT2D eigenvalue weighted by molar-refractivity contribution is 5.90. The highest BCUT2D eigenvalue weighted by Crippen LogP contribution is 2.63. The lowest BCUT2D eigenvalue weighted by Crippen LogP contribution is -2.32. The summed E-state index contributed by atoms with van der Waals surface area (Å²) in [5, 5.41) is 9.53. The summed E-state index contributed by atoms with van der Waals surface area (Å²) in [4.78, 5) is 15.3. The SMILES string of the molecule is N#Cc1cccc(-c2cccc(-c3nc(-c4ccccc4)nc(-c4cccc5c4Oc4ccccc4C54c5ccccc5-c5ccccc54)n3)c2)c1. The Morgan fingerprint density at radius 2 is 0.942 bits per heavy atom. The monoisotopic (exact) mass is 664 g/mol. The van der Waals surface area contributed by atoms with Gasteiger partial charge in [-0.1, -0.05) is 140 Å². The molecule has 0 atom stereocenters. The van der Waals surface area contributed by atoms with Crippen LogP contribution in [0, 0.1) is 11.3 Å². The van der Waals surface area contributed by atoms with E-state index in [0.717, 1.165) is 50.4 Å². The Balaban J connectivity index is 1.22. The van der Waals surface area contributed by atoms with Crippen molar-refractivity contribution in [2.45, 2.75) is 5.41 Å². The molecule has 0 bridgehead atoms. The molecule has 10 rings (SSSR count). The van der Waals surface area contributed by atoms with Gasteiger partial charge in [-0.05, 0) is 63.7 Å². The molecule has 1 aromatic heterocycles. The van der Waals surface area contributed by atoms with Crippen LogP contribution in [-0.2, 0) is 5.41 Å². The minimum Gasteiger partial charge on any atom is -0.456 e. The molecule has 0 fully saturated rings. The lowest BCUT2D eigenvalue weighted by Gasteiger charge is -2.39. The van der Waals surface area contributed by atoms with Crippen LogP contribution in [0.1, 0.15) is 27.8 Å². The number of hydrogen-bond acceptors (Lipinski definition) is 5. The zero-order valence-corrected chi connectivity index (χ0v) is 27.9. The third-order valence-electron chi connectivity index (χ3n) is 10.2. The van der Waals surface area contributed by atoms with Gasteiger partial charge in [0.2, 0.25) is 0 Å². The van der Waals surface area contributed by atoms with Crippen molar-refractivity contribution >= 4 is 0 Å².